The summed E-state index contributed by atoms with van der Waals surface area (Å²) in [7, 11) is 0. The van der Waals surface area contributed by atoms with Crippen molar-refractivity contribution in [2.45, 2.75) is 52.3 Å². The first kappa shape index (κ1) is 18.4. The number of aromatic nitrogens is 3. The largest absolute Gasteiger partial charge is 0.376 e. The fourth-order valence-corrected chi connectivity index (χ4v) is 3.13. The molecule has 1 aliphatic rings. The van der Waals surface area contributed by atoms with Crippen LogP contribution in [0.15, 0.2) is 30.5 Å². The van der Waals surface area contributed by atoms with Gasteiger partial charge in [0, 0.05) is 31.5 Å². The van der Waals surface area contributed by atoms with E-state index < -0.39 is 0 Å². The Labute approximate surface area is 154 Å². The molecule has 1 atom stereocenters. The molecule has 7 nitrogen and oxygen atoms in total. The van der Waals surface area contributed by atoms with Gasteiger partial charge in [-0.25, -0.2) is 9.48 Å². The van der Waals surface area contributed by atoms with Gasteiger partial charge < -0.3 is 9.64 Å². The van der Waals surface area contributed by atoms with Crippen LogP contribution in [0.4, 0.5) is 10.6 Å². The van der Waals surface area contributed by atoms with Gasteiger partial charge in [0.25, 0.3) is 0 Å². The molecule has 1 saturated heterocycles. The maximum Gasteiger partial charge on any atom is 0.323 e. The Morgan fingerprint density at radius 1 is 1.46 bits per heavy atom. The molecule has 140 valence electrons. The lowest BCUT2D eigenvalue weighted by atomic mass is 10.2. The molecule has 2 amide bonds. The van der Waals surface area contributed by atoms with E-state index >= 15 is 0 Å². The highest BCUT2D eigenvalue weighted by Crippen LogP contribution is 2.19. The van der Waals surface area contributed by atoms with Crippen molar-refractivity contribution in [2.75, 3.05) is 18.5 Å². The summed E-state index contributed by atoms with van der Waals surface area (Å²) in [5.41, 5.74) is 1.73. The topological polar surface area (TPSA) is 72.3 Å². The summed E-state index contributed by atoms with van der Waals surface area (Å²) >= 11 is 0. The molecule has 0 bridgehead atoms. The van der Waals surface area contributed by atoms with Gasteiger partial charge in [0.1, 0.15) is 5.82 Å². The van der Waals surface area contributed by atoms with Crippen molar-refractivity contribution in [1.82, 2.24) is 19.7 Å². The lowest BCUT2D eigenvalue weighted by Crippen LogP contribution is -2.40. The second kappa shape index (κ2) is 8.31. The molecular formula is C19H27N5O2. The van der Waals surface area contributed by atoms with Gasteiger partial charge in [0.15, 0.2) is 0 Å². The van der Waals surface area contributed by atoms with Crippen molar-refractivity contribution in [2.24, 2.45) is 0 Å². The highest BCUT2D eigenvalue weighted by molar-refractivity contribution is 5.88. The molecule has 26 heavy (non-hydrogen) atoms. The lowest BCUT2D eigenvalue weighted by molar-refractivity contribution is 0.0816. The quantitative estimate of drug-likeness (QED) is 0.860. The number of aryl methyl sites for hydroxylation is 1. The van der Waals surface area contributed by atoms with Crippen molar-refractivity contribution < 1.29 is 9.53 Å². The number of carbonyl (C=O) groups is 1. The standard InChI is InChI=1S/C19H27N5O2/c1-14(2)24-18(11-15(3)22-24)21-19(25)23(13-17-8-6-10-26-17)12-16-7-4-5-9-20-16/h4-5,7,9,11,14,17H,6,8,10,12-13H2,1-3H3,(H,21,25)/t17-/m1/s1. The summed E-state index contributed by atoms with van der Waals surface area (Å²) in [4.78, 5) is 19.1. The number of amides is 2. The summed E-state index contributed by atoms with van der Waals surface area (Å²) < 4.78 is 7.56. The van der Waals surface area contributed by atoms with Crippen LogP contribution in [0.1, 0.15) is 44.1 Å². The first-order valence-electron chi connectivity index (χ1n) is 9.16. The fraction of sp³-hybridized carbons (Fsp3) is 0.526. The van der Waals surface area contributed by atoms with Crippen LogP contribution in [0.25, 0.3) is 0 Å². The predicted octanol–water partition coefficient (Wildman–Crippen LogP) is 3.38. The van der Waals surface area contributed by atoms with Crippen LogP contribution in [-0.2, 0) is 11.3 Å². The molecule has 2 aromatic rings. The lowest BCUT2D eigenvalue weighted by Gasteiger charge is -2.25. The summed E-state index contributed by atoms with van der Waals surface area (Å²) in [6.45, 7) is 7.77. The molecule has 0 aliphatic carbocycles. The number of pyridine rings is 1. The average molecular weight is 357 g/mol. The highest BCUT2D eigenvalue weighted by atomic mass is 16.5. The van der Waals surface area contributed by atoms with Crippen LogP contribution < -0.4 is 5.32 Å². The van der Waals surface area contributed by atoms with Gasteiger partial charge in [-0.15, -0.1) is 0 Å². The highest BCUT2D eigenvalue weighted by Gasteiger charge is 2.24. The number of rotatable bonds is 6. The van der Waals surface area contributed by atoms with Crippen molar-refractivity contribution >= 4 is 11.8 Å². The number of urea groups is 1. The second-order valence-corrected chi connectivity index (χ2v) is 6.98. The molecule has 3 heterocycles. The minimum Gasteiger partial charge on any atom is -0.376 e. The zero-order valence-electron chi connectivity index (χ0n) is 15.7. The number of hydrogen-bond donors (Lipinski definition) is 1. The van der Waals surface area contributed by atoms with Gasteiger partial charge in [-0.1, -0.05) is 6.07 Å². The molecule has 0 radical (unpaired) electrons. The van der Waals surface area contributed by atoms with E-state index in [0.717, 1.165) is 30.8 Å². The summed E-state index contributed by atoms with van der Waals surface area (Å²) in [6, 6.07) is 7.63. The van der Waals surface area contributed by atoms with E-state index in [4.69, 9.17) is 4.74 Å². The zero-order valence-corrected chi connectivity index (χ0v) is 15.7. The van der Waals surface area contributed by atoms with Crippen LogP contribution in [0.5, 0.6) is 0 Å². The second-order valence-electron chi connectivity index (χ2n) is 6.98. The molecule has 1 N–H and O–H groups in total. The van der Waals surface area contributed by atoms with Gasteiger partial charge in [0.2, 0.25) is 0 Å². The SMILES string of the molecule is Cc1cc(NC(=O)N(Cc2ccccn2)C[C@H]2CCCO2)n(C(C)C)n1. The van der Waals surface area contributed by atoms with Crippen LogP contribution in [0.2, 0.25) is 0 Å². The van der Waals surface area contributed by atoms with Crippen LogP contribution in [0.3, 0.4) is 0 Å². The molecule has 2 aromatic heterocycles. The van der Waals surface area contributed by atoms with Gasteiger partial charge in [-0.05, 0) is 45.7 Å². The zero-order chi connectivity index (χ0) is 18.5. The van der Waals surface area contributed by atoms with Gasteiger partial charge in [-0.3, -0.25) is 10.3 Å². The first-order valence-corrected chi connectivity index (χ1v) is 9.16. The van der Waals surface area contributed by atoms with E-state index in [1.54, 1.807) is 11.1 Å². The Balaban J connectivity index is 1.75. The van der Waals surface area contributed by atoms with Crippen LogP contribution >= 0.6 is 0 Å². The molecule has 0 spiro atoms. The third-order valence-corrected chi connectivity index (χ3v) is 4.40. The molecule has 3 rings (SSSR count). The molecule has 0 unspecified atom stereocenters. The number of nitrogens with one attached hydrogen (secondary N) is 1. The van der Waals surface area contributed by atoms with Gasteiger partial charge >= 0.3 is 6.03 Å². The normalized spacial score (nSPS) is 16.8. The van der Waals surface area contributed by atoms with E-state index in [2.05, 4.69) is 15.4 Å². The monoisotopic (exact) mass is 357 g/mol. The number of hydrogen-bond acceptors (Lipinski definition) is 4. The molecule has 1 fully saturated rings. The molecule has 0 saturated carbocycles. The number of nitrogens with zero attached hydrogens (tertiary/aromatic N) is 4. The summed E-state index contributed by atoms with van der Waals surface area (Å²) in [6.07, 6.45) is 3.86. The van der Waals surface area contributed by atoms with E-state index in [0.29, 0.717) is 18.9 Å². The predicted molar refractivity (Wildman–Crippen MR) is 100.0 cm³/mol. The number of ether oxygens (including phenoxy) is 1. The van der Waals surface area contributed by atoms with E-state index in [-0.39, 0.29) is 18.2 Å². The summed E-state index contributed by atoms with van der Waals surface area (Å²) in [5, 5.41) is 7.47. The van der Waals surface area contributed by atoms with Crippen LogP contribution in [0, 0.1) is 6.92 Å². The third kappa shape index (κ3) is 4.60. The van der Waals surface area contributed by atoms with Crippen molar-refractivity contribution in [1.29, 1.82) is 0 Å². The number of carbonyl (C=O) groups excluding carboxylic acids is 1. The minimum absolute atomic E-state index is 0.0845. The Morgan fingerprint density at radius 3 is 2.96 bits per heavy atom. The van der Waals surface area contributed by atoms with Gasteiger partial charge in [-0.2, -0.15) is 5.10 Å². The molecule has 0 aromatic carbocycles. The van der Waals surface area contributed by atoms with Crippen molar-refractivity contribution in [3.8, 4) is 0 Å². The minimum atomic E-state index is -0.159. The first-order chi connectivity index (χ1) is 12.5. The fourth-order valence-electron chi connectivity index (χ4n) is 3.13. The number of anilines is 1. The maximum atomic E-state index is 13.0. The van der Waals surface area contributed by atoms with Gasteiger partial charge in [0.05, 0.1) is 24.0 Å². The van der Waals surface area contributed by atoms with Crippen molar-refractivity contribution in [3.63, 3.8) is 0 Å². The molecule has 7 heteroatoms. The van der Waals surface area contributed by atoms with Crippen molar-refractivity contribution in [3.05, 3.63) is 41.9 Å². The van der Waals surface area contributed by atoms with E-state index in [1.807, 2.05) is 49.7 Å². The van der Waals surface area contributed by atoms with E-state index in [1.165, 1.54) is 0 Å². The Hall–Kier alpha value is -2.41. The molecular weight excluding hydrogens is 330 g/mol. The average Bonchev–Trinajstić information content (AvgIpc) is 3.24. The smallest absolute Gasteiger partial charge is 0.323 e. The Morgan fingerprint density at radius 2 is 2.31 bits per heavy atom. The van der Waals surface area contributed by atoms with E-state index in [9.17, 15) is 4.79 Å². The Kier molecular flexibility index (Phi) is 5.88. The van der Waals surface area contributed by atoms with Crippen LogP contribution in [-0.4, -0.2) is 45.0 Å². The molecule has 1 aliphatic heterocycles. The maximum absolute atomic E-state index is 13.0. The summed E-state index contributed by atoms with van der Waals surface area (Å²) in [5.74, 6) is 0.709. The third-order valence-electron chi connectivity index (χ3n) is 4.40. The Bertz CT molecular complexity index is 723.